The van der Waals surface area contributed by atoms with Gasteiger partial charge in [0.05, 0.1) is 23.5 Å². The fourth-order valence-corrected chi connectivity index (χ4v) is 4.64. The van der Waals surface area contributed by atoms with E-state index in [0.717, 1.165) is 32.4 Å². The highest BCUT2D eigenvalue weighted by atomic mass is 32.1. The van der Waals surface area contributed by atoms with Crippen molar-refractivity contribution in [3.63, 3.8) is 0 Å². The van der Waals surface area contributed by atoms with Gasteiger partial charge in [0.2, 0.25) is 0 Å². The largest absolute Gasteiger partial charge is 0.492 e. The minimum Gasteiger partial charge on any atom is -0.492 e. The lowest BCUT2D eigenvalue weighted by molar-refractivity contribution is 0.0985. The van der Waals surface area contributed by atoms with E-state index in [4.69, 9.17) is 9.72 Å². The molecule has 32 heavy (non-hydrogen) atoms. The van der Waals surface area contributed by atoms with Crippen LogP contribution in [0.15, 0.2) is 85.1 Å². The van der Waals surface area contributed by atoms with Crippen LogP contribution in [0.2, 0.25) is 0 Å². The number of rotatable bonds is 6. The third kappa shape index (κ3) is 3.92. The molecule has 0 saturated heterocycles. The van der Waals surface area contributed by atoms with Crippen LogP contribution in [0.3, 0.4) is 0 Å². The SMILES string of the molecule is CCOc1cccc2sc(N(Cc3ccccn3)C(=O)c3ccc4ccccc4c3)nc12. The van der Waals surface area contributed by atoms with Crippen molar-refractivity contribution >= 4 is 43.4 Å². The summed E-state index contributed by atoms with van der Waals surface area (Å²) in [4.78, 5) is 24.7. The summed E-state index contributed by atoms with van der Waals surface area (Å²) in [6, 6.07) is 25.4. The molecule has 158 valence electrons. The van der Waals surface area contributed by atoms with Gasteiger partial charge in [-0.2, -0.15) is 0 Å². The van der Waals surface area contributed by atoms with E-state index in [1.165, 1.54) is 11.3 Å². The van der Waals surface area contributed by atoms with Gasteiger partial charge in [0.15, 0.2) is 5.13 Å². The number of hydrogen-bond acceptors (Lipinski definition) is 5. The predicted molar refractivity (Wildman–Crippen MR) is 129 cm³/mol. The molecule has 0 atom stereocenters. The molecule has 1 amide bonds. The van der Waals surface area contributed by atoms with Gasteiger partial charge in [0, 0.05) is 11.8 Å². The lowest BCUT2D eigenvalue weighted by atomic mass is 10.1. The average molecular weight is 440 g/mol. The van der Waals surface area contributed by atoms with E-state index in [1.54, 1.807) is 11.1 Å². The van der Waals surface area contributed by atoms with Crippen LogP contribution in [0.1, 0.15) is 23.0 Å². The number of para-hydroxylation sites is 1. The summed E-state index contributed by atoms with van der Waals surface area (Å²) >= 11 is 1.48. The first-order chi connectivity index (χ1) is 15.7. The third-order valence-corrected chi connectivity index (χ3v) is 6.23. The van der Waals surface area contributed by atoms with Gasteiger partial charge in [-0.25, -0.2) is 4.98 Å². The number of nitrogens with zero attached hydrogens (tertiary/aromatic N) is 3. The number of carbonyl (C=O) groups is 1. The molecule has 0 aliphatic heterocycles. The topological polar surface area (TPSA) is 55.3 Å². The van der Waals surface area contributed by atoms with Gasteiger partial charge in [-0.15, -0.1) is 0 Å². The molecular formula is C26H21N3O2S. The van der Waals surface area contributed by atoms with E-state index < -0.39 is 0 Å². The molecule has 0 aliphatic rings. The zero-order chi connectivity index (χ0) is 21.9. The molecule has 5 aromatic rings. The Morgan fingerprint density at radius 3 is 2.62 bits per heavy atom. The van der Waals surface area contributed by atoms with Gasteiger partial charge < -0.3 is 4.74 Å². The molecule has 3 aromatic carbocycles. The number of fused-ring (bicyclic) bond motifs is 2. The summed E-state index contributed by atoms with van der Waals surface area (Å²) in [6.45, 7) is 2.83. The van der Waals surface area contributed by atoms with E-state index in [0.29, 0.717) is 23.8 Å². The quantitative estimate of drug-likeness (QED) is 0.321. The fraction of sp³-hybridized carbons (Fsp3) is 0.115. The van der Waals surface area contributed by atoms with Crippen molar-refractivity contribution in [2.75, 3.05) is 11.5 Å². The Morgan fingerprint density at radius 1 is 0.969 bits per heavy atom. The first kappa shape index (κ1) is 20.2. The number of benzene rings is 3. The van der Waals surface area contributed by atoms with Crippen molar-refractivity contribution in [2.45, 2.75) is 13.5 Å². The smallest absolute Gasteiger partial charge is 0.260 e. The summed E-state index contributed by atoms with van der Waals surface area (Å²) in [5, 5.41) is 2.75. The fourth-order valence-electron chi connectivity index (χ4n) is 3.66. The molecule has 6 heteroatoms. The number of aromatic nitrogens is 2. The van der Waals surface area contributed by atoms with E-state index in [1.807, 2.05) is 85.8 Å². The van der Waals surface area contributed by atoms with Crippen LogP contribution < -0.4 is 9.64 Å². The number of hydrogen-bond donors (Lipinski definition) is 0. The second kappa shape index (κ2) is 8.77. The Morgan fingerprint density at radius 2 is 1.81 bits per heavy atom. The van der Waals surface area contributed by atoms with Crippen LogP contribution in [0, 0.1) is 0 Å². The van der Waals surface area contributed by atoms with Gasteiger partial charge in [-0.1, -0.05) is 53.8 Å². The van der Waals surface area contributed by atoms with Gasteiger partial charge >= 0.3 is 0 Å². The van der Waals surface area contributed by atoms with Crippen LogP contribution in [-0.2, 0) is 6.54 Å². The highest BCUT2D eigenvalue weighted by Crippen LogP contribution is 2.35. The highest BCUT2D eigenvalue weighted by molar-refractivity contribution is 7.22. The Labute approximate surface area is 189 Å². The van der Waals surface area contributed by atoms with Gasteiger partial charge in [0.25, 0.3) is 5.91 Å². The monoisotopic (exact) mass is 439 g/mol. The first-order valence-corrected chi connectivity index (χ1v) is 11.3. The van der Waals surface area contributed by atoms with E-state index in [2.05, 4.69) is 4.98 Å². The van der Waals surface area contributed by atoms with Crippen LogP contribution in [-0.4, -0.2) is 22.5 Å². The number of ether oxygens (including phenoxy) is 1. The summed E-state index contributed by atoms with van der Waals surface area (Å²) in [5.74, 6) is 0.613. The van der Waals surface area contributed by atoms with Crippen molar-refractivity contribution in [3.8, 4) is 5.75 Å². The molecule has 0 radical (unpaired) electrons. The van der Waals surface area contributed by atoms with Gasteiger partial charge in [-0.05, 0) is 54.1 Å². The number of thiazole rings is 1. The minimum absolute atomic E-state index is 0.113. The summed E-state index contributed by atoms with van der Waals surface area (Å²) in [5.41, 5.74) is 2.18. The first-order valence-electron chi connectivity index (χ1n) is 10.5. The van der Waals surface area contributed by atoms with Crippen molar-refractivity contribution in [3.05, 3.63) is 96.3 Å². The molecule has 2 aromatic heterocycles. The number of carbonyl (C=O) groups excluding carboxylic acids is 1. The lowest BCUT2D eigenvalue weighted by Crippen LogP contribution is -2.30. The normalized spacial score (nSPS) is 11.0. The Bertz CT molecular complexity index is 1400. The molecule has 0 N–H and O–H groups in total. The third-order valence-electron chi connectivity index (χ3n) is 5.19. The minimum atomic E-state index is -0.113. The molecule has 0 unspecified atom stereocenters. The second-order valence-corrected chi connectivity index (χ2v) is 8.32. The van der Waals surface area contributed by atoms with Crippen molar-refractivity contribution in [1.29, 1.82) is 0 Å². The summed E-state index contributed by atoms with van der Waals surface area (Å²) in [6.07, 6.45) is 1.74. The molecule has 0 saturated carbocycles. The molecular weight excluding hydrogens is 418 g/mol. The van der Waals surface area contributed by atoms with E-state index in [9.17, 15) is 4.79 Å². The van der Waals surface area contributed by atoms with Crippen molar-refractivity contribution < 1.29 is 9.53 Å². The Balaban J connectivity index is 1.59. The van der Waals surface area contributed by atoms with Crippen molar-refractivity contribution in [2.24, 2.45) is 0 Å². The number of anilines is 1. The molecule has 0 fully saturated rings. The maximum absolute atomic E-state index is 13.7. The predicted octanol–water partition coefficient (Wildman–Crippen LogP) is 6.09. The van der Waals surface area contributed by atoms with Crippen LogP contribution in [0.5, 0.6) is 5.75 Å². The molecule has 2 heterocycles. The maximum Gasteiger partial charge on any atom is 0.260 e. The maximum atomic E-state index is 13.7. The van der Waals surface area contributed by atoms with Crippen molar-refractivity contribution in [1.82, 2.24) is 9.97 Å². The summed E-state index contributed by atoms with van der Waals surface area (Å²) in [7, 11) is 0. The second-order valence-electron chi connectivity index (χ2n) is 7.31. The molecule has 0 spiro atoms. The zero-order valence-electron chi connectivity index (χ0n) is 17.6. The standard InChI is InChI=1S/C26H21N3O2S/c1-2-31-22-11-7-12-23-24(22)28-26(32-23)29(17-21-10-5-6-15-27-21)25(30)20-14-13-18-8-3-4-9-19(18)16-20/h3-16H,2,17H2,1H3. The Hall–Kier alpha value is -3.77. The number of pyridine rings is 1. The number of amides is 1. The van der Waals surface area contributed by atoms with Crippen LogP contribution in [0.25, 0.3) is 21.0 Å². The molecule has 5 nitrogen and oxygen atoms in total. The average Bonchev–Trinajstić information content (AvgIpc) is 3.28. The van der Waals surface area contributed by atoms with Crippen LogP contribution >= 0.6 is 11.3 Å². The van der Waals surface area contributed by atoms with E-state index >= 15 is 0 Å². The van der Waals surface area contributed by atoms with E-state index in [-0.39, 0.29) is 5.91 Å². The van der Waals surface area contributed by atoms with Gasteiger partial charge in [-0.3, -0.25) is 14.7 Å². The molecule has 0 aliphatic carbocycles. The molecule has 0 bridgehead atoms. The summed E-state index contributed by atoms with van der Waals surface area (Å²) < 4.78 is 6.73. The van der Waals surface area contributed by atoms with Crippen LogP contribution in [0.4, 0.5) is 5.13 Å². The Kier molecular flexibility index (Phi) is 5.52. The highest BCUT2D eigenvalue weighted by Gasteiger charge is 2.23. The zero-order valence-corrected chi connectivity index (χ0v) is 18.4. The van der Waals surface area contributed by atoms with Gasteiger partial charge in [0.1, 0.15) is 11.3 Å². The molecule has 5 rings (SSSR count). The lowest BCUT2D eigenvalue weighted by Gasteiger charge is -2.20.